The smallest absolute Gasteiger partial charge is 0.00646 e. The summed E-state index contributed by atoms with van der Waals surface area (Å²) in [5, 5.41) is 0. The van der Waals surface area contributed by atoms with Crippen LogP contribution < -0.4 is 0 Å². The second kappa shape index (κ2) is 9.09. The van der Waals surface area contributed by atoms with Gasteiger partial charge < -0.3 is 0 Å². The Balaban J connectivity index is 2.77. The van der Waals surface area contributed by atoms with E-state index in [1.807, 2.05) is 11.8 Å². The molecule has 0 nitrogen and oxygen atoms in total. The fraction of sp³-hybridized carbons (Fsp3) is 0.667. The Morgan fingerprint density at radius 2 is 2.20 bits per heavy atom. The summed E-state index contributed by atoms with van der Waals surface area (Å²) < 4.78 is 0. The first kappa shape index (κ1) is 10.1. The van der Waals surface area contributed by atoms with Crippen LogP contribution in [0, 0.1) is 6.92 Å². The molecule has 0 saturated carbocycles. The molecule has 0 aliphatic carbocycles. The highest BCUT2D eigenvalue weighted by Gasteiger charge is 1.84. The third-order valence-corrected chi connectivity index (χ3v) is 2.34. The van der Waals surface area contributed by atoms with Crippen LogP contribution in [0.1, 0.15) is 26.2 Å². The first-order valence-electron chi connectivity index (χ1n) is 3.90. The van der Waals surface area contributed by atoms with Crippen LogP contribution in [-0.2, 0) is 0 Å². The van der Waals surface area contributed by atoms with Gasteiger partial charge in [-0.15, -0.1) is 0 Å². The van der Waals surface area contributed by atoms with Crippen molar-refractivity contribution in [3.8, 4) is 0 Å². The van der Waals surface area contributed by atoms with Gasteiger partial charge in [0.1, 0.15) is 0 Å². The highest BCUT2D eigenvalue weighted by molar-refractivity contribution is 7.99. The predicted octanol–water partition coefficient (Wildman–Crippen LogP) is 3.30. The van der Waals surface area contributed by atoms with Crippen LogP contribution in [0.4, 0.5) is 0 Å². The number of hydrogen-bond donors (Lipinski definition) is 0. The molecule has 0 amide bonds. The van der Waals surface area contributed by atoms with Crippen molar-refractivity contribution >= 4 is 11.8 Å². The summed E-state index contributed by atoms with van der Waals surface area (Å²) in [6, 6.07) is 0. The zero-order valence-electron chi connectivity index (χ0n) is 6.81. The maximum atomic E-state index is 3.78. The van der Waals surface area contributed by atoms with Gasteiger partial charge in [-0.1, -0.05) is 19.1 Å². The third-order valence-electron chi connectivity index (χ3n) is 1.18. The quantitative estimate of drug-likeness (QED) is 0.421. The number of allylic oxidation sites excluding steroid dienone is 2. The van der Waals surface area contributed by atoms with Crippen LogP contribution in [0.25, 0.3) is 0 Å². The molecule has 0 unspecified atom stereocenters. The van der Waals surface area contributed by atoms with Gasteiger partial charge in [0.2, 0.25) is 0 Å². The van der Waals surface area contributed by atoms with E-state index < -0.39 is 0 Å². The van der Waals surface area contributed by atoms with E-state index in [2.05, 4.69) is 26.0 Å². The third kappa shape index (κ3) is 8.09. The van der Waals surface area contributed by atoms with E-state index in [1.165, 1.54) is 24.3 Å². The topological polar surface area (TPSA) is 0 Å². The Morgan fingerprint density at radius 3 is 2.80 bits per heavy atom. The molecule has 0 atom stereocenters. The van der Waals surface area contributed by atoms with E-state index in [1.54, 1.807) is 0 Å². The Morgan fingerprint density at radius 1 is 1.40 bits per heavy atom. The number of thioether (sulfide) groups is 1. The molecule has 59 valence electrons. The molecule has 0 aromatic carbocycles. The highest BCUT2D eigenvalue weighted by atomic mass is 32.2. The molecule has 1 radical (unpaired) electrons. The highest BCUT2D eigenvalue weighted by Crippen LogP contribution is 2.05. The fourth-order valence-electron chi connectivity index (χ4n) is 0.674. The minimum atomic E-state index is 1.06. The largest absolute Gasteiger partial charge is 0.162 e. The van der Waals surface area contributed by atoms with Gasteiger partial charge in [-0.05, 0) is 37.7 Å². The lowest BCUT2D eigenvalue weighted by Gasteiger charge is -1.95. The number of rotatable bonds is 6. The summed E-state index contributed by atoms with van der Waals surface area (Å²) in [6.45, 7) is 5.86. The molecule has 0 fully saturated rings. The average molecular weight is 157 g/mol. The molecule has 0 aromatic heterocycles. The Bertz CT molecular complexity index is 76.8. The van der Waals surface area contributed by atoms with Crippen molar-refractivity contribution in [3.05, 3.63) is 19.1 Å². The lowest BCUT2D eigenvalue weighted by Crippen LogP contribution is -1.80. The summed E-state index contributed by atoms with van der Waals surface area (Å²) in [6.07, 6.45) is 7.96. The van der Waals surface area contributed by atoms with Crippen molar-refractivity contribution in [2.45, 2.75) is 26.2 Å². The van der Waals surface area contributed by atoms with Crippen molar-refractivity contribution in [2.75, 3.05) is 11.5 Å². The molecule has 0 bridgehead atoms. The maximum Gasteiger partial charge on any atom is -0.00646 e. The molecule has 0 N–H and O–H groups in total. The van der Waals surface area contributed by atoms with Crippen molar-refractivity contribution in [3.63, 3.8) is 0 Å². The van der Waals surface area contributed by atoms with Crippen LogP contribution in [0.15, 0.2) is 12.2 Å². The molecular formula is C9H17S. The Hall–Kier alpha value is 0.0900. The molecule has 10 heavy (non-hydrogen) atoms. The molecule has 0 aliphatic rings. The lowest BCUT2D eigenvalue weighted by molar-refractivity contribution is 0.968. The van der Waals surface area contributed by atoms with Crippen LogP contribution in [0.2, 0.25) is 0 Å². The molecule has 0 aliphatic heterocycles. The van der Waals surface area contributed by atoms with E-state index in [0.29, 0.717) is 0 Å². The van der Waals surface area contributed by atoms with Gasteiger partial charge in [-0.25, -0.2) is 0 Å². The van der Waals surface area contributed by atoms with Crippen LogP contribution in [0.5, 0.6) is 0 Å². The van der Waals surface area contributed by atoms with Gasteiger partial charge >= 0.3 is 0 Å². The van der Waals surface area contributed by atoms with Crippen molar-refractivity contribution in [1.82, 2.24) is 0 Å². The lowest BCUT2D eigenvalue weighted by atomic mass is 10.3. The molecule has 0 rings (SSSR count). The molecular weight excluding hydrogens is 140 g/mol. The second-order valence-electron chi connectivity index (χ2n) is 2.18. The first-order chi connectivity index (χ1) is 4.91. The average Bonchev–Trinajstić information content (AvgIpc) is 1.97. The summed E-state index contributed by atoms with van der Waals surface area (Å²) in [5.41, 5.74) is 0. The molecule has 0 aromatic rings. The maximum absolute atomic E-state index is 3.78. The zero-order valence-corrected chi connectivity index (χ0v) is 7.62. The van der Waals surface area contributed by atoms with Gasteiger partial charge in [0, 0.05) is 0 Å². The van der Waals surface area contributed by atoms with E-state index in [-0.39, 0.29) is 0 Å². The van der Waals surface area contributed by atoms with Crippen molar-refractivity contribution < 1.29 is 0 Å². The van der Waals surface area contributed by atoms with Crippen molar-refractivity contribution in [1.29, 1.82) is 0 Å². The van der Waals surface area contributed by atoms with Gasteiger partial charge in [-0.2, -0.15) is 11.8 Å². The molecule has 0 heterocycles. The zero-order chi connectivity index (χ0) is 7.66. The molecule has 0 saturated heterocycles. The molecule has 1 heteroatoms. The van der Waals surface area contributed by atoms with E-state index in [9.17, 15) is 0 Å². The summed E-state index contributed by atoms with van der Waals surface area (Å²) in [5.74, 6) is 2.51. The SMILES string of the molecule is [CH2]CCSCCCC=CC. The van der Waals surface area contributed by atoms with Gasteiger partial charge in [0.25, 0.3) is 0 Å². The monoisotopic (exact) mass is 157 g/mol. The van der Waals surface area contributed by atoms with Crippen molar-refractivity contribution in [2.24, 2.45) is 0 Å². The van der Waals surface area contributed by atoms with Gasteiger partial charge in [0.15, 0.2) is 0 Å². The normalized spacial score (nSPS) is 11.0. The van der Waals surface area contributed by atoms with Gasteiger partial charge in [0.05, 0.1) is 0 Å². The van der Waals surface area contributed by atoms with E-state index in [0.717, 1.165) is 6.42 Å². The summed E-state index contributed by atoms with van der Waals surface area (Å²) >= 11 is 2.01. The minimum Gasteiger partial charge on any atom is -0.162 e. The number of hydrogen-bond acceptors (Lipinski definition) is 1. The summed E-state index contributed by atoms with van der Waals surface area (Å²) in [4.78, 5) is 0. The fourth-order valence-corrected chi connectivity index (χ4v) is 1.45. The first-order valence-corrected chi connectivity index (χ1v) is 5.05. The second-order valence-corrected chi connectivity index (χ2v) is 3.40. The van der Waals surface area contributed by atoms with E-state index >= 15 is 0 Å². The van der Waals surface area contributed by atoms with Crippen LogP contribution in [-0.4, -0.2) is 11.5 Å². The Kier molecular flexibility index (Phi) is 9.17. The molecule has 0 spiro atoms. The summed E-state index contributed by atoms with van der Waals surface area (Å²) in [7, 11) is 0. The number of unbranched alkanes of at least 4 members (excludes halogenated alkanes) is 1. The van der Waals surface area contributed by atoms with Gasteiger partial charge in [-0.3, -0.25) is 0 Å². The van der Waals surface area contributed by atoms with E-state index in [4.69, 9.17) is 0 Å². The standard InChI is InChI=1S/C9H17S/c1-3-5-6-7-9-10-8-4-2/h3,5H,2,4,6-9H2,1H3. The Labute approximate surface area is 69.1 Å². The predicted molar refractivity (Wildman–Crippen MR) is 51.3 cm³/mol. The van der Waals surface area contributed by atoms with Crippen LogP contribution >= 0.6 is 11.8 Å². The minimum absolute atomic E-state index is 1.06. The van der Waals surface area contributed by atoms with Crippen LogP contribution in [0.3, 0.4) is 0 Å².